The second-order valence-electron chi connectivity index (χ2n) is 4.53. The van der Waals surface area contributed by atoms with Crippen LogP contribution in [0.25, 0.3) is 0 Å². The molecule has 2 rings (SSSR count). The number of nitrogens with zero attached hydrogens (tertiary/aromatic N) is 4. The van der Waals surface area contributed by atoms with E-state index < -0.39 is 5.54 Å². The van der Waals surface area contributed by atoms with Gasteiger partial charge < -0.3 is 0 Å². The van der Waals surface area contributed by atoms with Crippen molar-refractivity contribution < 1.29 is 4.79 Å². The van der Waals surface area contributed by atoms with Crippen LogP contribution in [0.5, 0.6) is 0 Å². The second-order valence-corrected chi connectivity index (χ2v) is 4.53. The normalized spacial score (nSPS) is 16.1. The number of aliphatic imine (C=N–C) groups is 1. The van der Waals surface area contributed by atoms with Gasteiger partial charge >= 0.3 is 0 Å². The molecular weight excluding hydrogens is 192 g/mol. The van der Waals surface area contributed by atoms with Crippen molar-refractivity contribution in [2.75, 3.05) is 0 Å². The summed E-state index contributed by atoms with van der Waals surface area (Å²) in [6, 6.07) is 0. The van der Waals surface area contributed by atoms with Gasteiger partial charge in [-0.2, -0.15) is 4.99 Å². The molecular formula is C10H14N4O. The van der Waals surface area contributed by atoms with Crippen LogP contribution in [0.4, 0.5) is 0 Å². The van der Waals surface area contributed by atoms with Gasteiger partial charge in [0.2, 0.25) is 6.08 Å². The van der Waals surface area contributed by atoms with E-state index in [1.807, 2.05) is 24.7 Å². The molecule has 80 valence electrons. The van der Waals surface area contributed by atoms with Crippen LogP contribution >= 0.6 is 0 Å². The standard InChI is InChI=1S/C10H14N4O/c1-10(2,11-7-15)9-6-14(13-12-9)5-8-3-4-8/h6,8H,3-5H2,1-2H3. The molecule has 1 aromatic heterocycles. The fourth-order valence-corrected chi connectivity index (χ4v) is 1.40. The van der Waals surface area contributed by atoms with Crippen molar-refractivity contribution >= 4 is 6.08 Å². The molecule has 1 heterocycles. The van der Waals surface area contributed by atoms with Crippen molar-refractivity contribution in [2.45, 2.75) is 38.8 Å². The molecule has 0 unspecified atom stereocenters. The quantitative estimate of drug-likeness (QED) is 0.550. The molecule has 0 radical (unpaired) electrons. The fraction of sp³-hybridized carbons (Fsp3) is 0.700. The van der Waals surface area contributed by atoms with Gasteiger partial charge in [0.25, 0.3) is 0 Å². The van der Waals surface area contributed by atoms with Crippen molar-refractivity contribution in [3.05, 3.63) is 11.9 Å². The Morgan fingerprint density at radius 2 is 2.40 bits per heavy atom. The Labute approximate surface area is 88.2 Å². The first-order chi connectivity index (χ1) is 7.12. The first-order valence-electron chi connectivity index (χ1n) is 5.11. The Kier molecular flexibility index (Phi) is 2.40. The van der Waals surface area contributed by atoms with E-state index >= 15 is 0 Å². The number of rotatable bonds is 4. The van der Waals surface area contributed by atoms with Crippen LogP contribution in [-0.4, -0.2) is 21.1 Å². The zero-order chi connectivity index (χ0) is 10.9. The van der Waals surface area contributed by atoms with Crippen LogP contribution in [0.2, 0.25) is 0 Å². The average Bonchev–Trinajstić information content (AvgIpc) is 2.81. The van der Waals surface area contributed by atoms with E-state index in [4.69, 9.17) is 0 Å². The van der Waals surface area contributed by atoms with Crippen LogP contribution < -0.4 is 0 Å². The van der Waals surface area contributed by atoms with Crippen LogP contribution in [0.1, 0.15) is 32.4 Å². The molecule has 0 saturated heterocycles. The molecule has 1 saturated carbocycles. The maximum absolute atomic E-state index is 10.2. The summed E-state index contributed by atoms with van der Waals surface area (Å²) in [7, 11) is 0. The Hall–Kier alpha value is -1.48. The number of aromatic nitrogens is 3. The summed E-state index contributed by atoms with van der Waals surface area (Å²) in [4.78, 5) is 14.0. The van der Waals surface area contributed by atoms with E-state index in [0.717, 1.165) is 12.5 Å². The van der Waals surface area contributed by atoms with Crippen LogP contribution in [0.15, 0.2) is 11.2 Å². The Balaban J connectivity index is 2.14. The summed E-state index contributed by atoms with van der Waals surface area (Å²) in [5, 5.41) is 8.05. The first kappa shape index (κ1) is 10.1. The SMILES string of the molecule is CC(C)(N=C=O)c1cn(CC2CC2)nn1. The third-order valence-electron chi connectivity index (χ3n) is 2.63. The molecule has 1 aliphatic carbocycles. The van der Waals surface area contributed by atoms with Crippen LogP contribution in [0, 0.1) is 5.92 Å². The lowest BCUT2D eigenvalue weighted by atomic mass is 10.0. The Bertz CT molecular complexity index is 399. The van der Waals surface area contributed by atoms with Crippen molar-refractivity contribution in [3.63, 3.8) is 0 Å². The average molecular weight is 206 g/mol. The lowest BCUT2D eigenvalue weighted by molar-refractivity contribution is 0.511. The molecule has 1 aliphatic rings. The molecule has 1 aromatic rings. The predicted octanol–water partition coefficient (Wildman–Crippen LogP) is 1.26. The van der Waals surface area contributed by atoms with E-state index in [1.54, 1.807) is 6.08 Å². The molecule has 0 aliphatic heterocycles. The summed E-state index contributed by atoms with van der Waals surface area (Å²) >= 11 is 0. The third-order valence-corrected chi connectivity index (χ3v) is 2.63. The molecule has 15 heavy (non-hydrogen) atoms. The van der Waals surface area contributed by atoms with Gasteiger partial charge in [0, 0.05) is 6.54 Å². The van der Waals surface area contributed by atoms with Crippen molar-refractivity contribution in [3.8, 4) is 0 Å². The lowest BCUT2D eigenvalue weighted by Crippen LogP contribution is -2.14. The lowest BCUT2D eigenvalue weighted by Gasteiger charge is -2.12. The van der Waals surface area contributed by atoms with Gasteiger partial charge in [-0.15, -0.1) is 5.10 Å². The minimum absolute atomic E-state index is 0.621. The largest absolute Gasteiger partial charge is 0.252 e. The van der Waals surface area contributed by atoms with Gasteiger partial charge in [-0.3, -0.25) is 4.68 Å². The van der Waals surface area contributed by atoms with E-state index in [1.165, 1.54) is 12.8 Å². The highest BCUT2D eigenvalue weighted by atomic mass is 16.1. The summed E-state index contributed by atoms with van der Waals surface area (Å²) in [6.07, 6.45) is 5.99. The minimum atomic E-state index is -0.621. The van der Waals surface area contributed by atoms with Gasteiger partial charge in [0.15, 0.2) is 0 Å². The number of hydrogen-bond donors (Lipinski definition) is 0. The molecule has 0 spiro atoms. The molecule has 0 aromatic carbocycles. The highest BCUT2D eigenvalue weighted by Crippen LogP contribution is 2.30. The van der Waals surface area contributed by atoms with Crippen molar-refractivity contribution in [1.82, 2.24) is 15.0 Å². The highest BCUT2D eigenvalue weighted by Gasteiger charge is 2.26. The third kappa shape index (κ3) is 2.30. The summed E-state index contributed by atoms with van der Waals surface area (Å²) in [5.41, 5.74) is 0.0929. The zero-order valence-electron chi connectivity index (χ0n) is 8.97. The fourth-order valence-electron chi connectivity index (χ4n) is 1.40. The van der Waals surface area contributed by atoms with Crippen LogP contribution in [0.3, 0.4) is 0 Å². The number of carbonyl (C=O) groups excluding carboxylic acids is 1. The molecule has 0 atom stereocenters. The topological polar surface area (TPSA) is 60.1 Å². The molecule has 1 fully saturated rings. The monoisotopic (exact) mass is 206 g/mol. The van der Waals surface area contributed by atoms with E-state index in [-0.39, 0.29) is 0 Å². The summed E-state index contributed by atoms with van der Waals surface area (Å²) in [5.74, 6) is 0.761. The van der Waals surface area contributed by atoms with E-state index in [0.29, 0.717) is 5.69 Å². The minimum Gasteiger partial charge on any atom is -0.252 e. The van der Waals surface area contributed by atoms with Gasteiger partial charge in [-0.1, -0.05) is 5.21 Å². The van der Waals surface area contributed by atoms with Gasteiger partial charge in [0.1, 0.15) is 11.2 Å². The number of hydrogen-bond acceptors (Lipinski definition) is 4. The molecule has 0 bridgehead atoms. The maximum Gasteiger partial charge on any atom is 0.235 e. The molecule has 0 amide bonds. The van der Waals surface area contributed by atoms with Gasteiger partial charge in [-0.25, -0.2) is 4.79 Å². The molecule has 0 N–H and O–H groups in total. The van der Waals surface area contributed by atoms with E-state index in [2.05, 4.69) is 15.3 Å². The zero-order valence-corrected chi connectivity index (χ0v) is 8.97. The van der Waals surface area contributed by atoms with Crippen molar-refractivity contribution in [2.24, 2.45) is 10.9 Å². The smallest absolute Gasteiger partial charge is 0.235 e. The summed E-state index contributed by atoms with van der Waals surface area (Å²) < 4.78 is 1.83. The Morgan fingerprint density at radius 3 is 3.00 bits per heavy atom. The first-order valence-corrected chi connectivity index (χ1v) is 5.11. The van der Waals surface area contributed by atoms with E-state index in [9.17, 15) is 4.79 Å². The highest BCUT2D eigenvalue weighted by molar-refractivity contribution is 5.35. The van der Waals surface area contributed by atoms with Crippen molar-refractivity contribution in [1.29, 1.82) is 0 Å². The maximum atomic E-state index is 10.2. The predicted molar refractivity (Wildman–Crippen MR) is 53.9 cm³/mol. The Morgan fingerprint density at radius 1 is 1.67 bits per heavy atom. The molecule has 5 nitrogen and oxygen atoms in total. The summed E-state index contributed by atoms with van der Waals surface area (Å²) in [6.45, 7) is 4.57. The van der Waals surface area contributed by atoms with Gasteiger partial charge in [-0.05, 0) is 32.6 Å². The number of isocyanates is 1. The molecule has 5 heteroatoms. The van der Waals surface area contributed by atoms with Crippen LogP contribution in [-0.2, 0) is 16.9 Å². The van der Waals surface area contributed by atoms with Gasteiger partial charge in [0.05, 0.1) is 6.20 Å². The second kappa shape index (κ2) is 3.59.